The van der Waals surface area contributed by atoms with E-state index in [0.29, 0.717) is 17.9 Å². The summed E-state index contributed by atoms with van der Waals surface area (Å²) in [6, 6.07) is 22.9. The van der Waals surface area contributed by atoms with Gasteiger partial charge in [-0.25, -0.2) is 4.79 Å². The minimum Gasteiger partial charge on any atom is -0.489 e. The summed E-state index contributed by atoms with van der Waals surface area (Å²) in [5.41, 5.74) is 0.559. The van der Waals surface area contributed by atoms with Crippen LogP contribution < -0.4 is 10.1 Å². The van der Waals surface area contributed by atoms with Crippen LogP contribution >= 0.6 is 0 Å². The van der Waals surface area contributed by atoms with Gasteiger partial charge in [-0.2, -0.15) is 0 Å². The van der Waals surface area contributed by atoms with Gasteiger partial charge in [0.25, 0.3) is 5.91 Å². The highest BCUT2D eigenvalue weighted by atomic mass is 19.4. The Hall–Kier alpha value is -4.37. The first kappa shape index (κ1) is 27.7. The number of allylic oxidation sites excluding steroid dienone is 2. The molecule has 3 aromatic rings. The molecule has 1 aliphatic rings. The van der Waals surface area contributed by atoms with Gasteiger partial charge in [0.2, 0.25) is 0 Å². The van der Waals surface area contributed by atoms with Crippen molar-refractivity contribution in [1.29, 1.82) is 0 Å². The number of nitrogens with one attached hydrogen (secondary N) is 1. The Kier molecular flexibility index (Phi) is 8.51. The van der Waals surface area contributed by atoms with Crippen molar-refractivity contribution in [1.82, 2.24) is 5.32 Å². The van der Waals surface area contributed by atoms with Crippen molar-refractivity contribution in [2.24, 2.45) is 0 Å². The fourth-order valence-corrected chi connectivity index (χ4v) is 4.23. The van der Waals surface area contributed by atoms with Gasteiger partial charge in [-0.3, -0.25) is 9.53 Å². The maximum absolute atomic E-state index is 13.4. The fourth-order valence-electron chi connectivity index (χ4n) is 4.23. The van der Waals surface area contributed by atoms with Crippen LogP contribution in [0.4, 0.5) is 13.2 Å². The van der Waals surface area contributed by atoms with Crippen molar-refractivity contribution in [3.05, 3.63) is 120 Å². The lowest BCUT2D eigenvalue weighted by molar-refractivity contribution is -0.359. The van der Waals surface area contributed by atoms with Crippen molar-refractivity contribution in [2.45, 2.75) is 37.5 Å². The number of carbonyl (C=O) groups excluding carboxylic acids is 1. The zero-order valence-corrected chi connectivity index (χ0v) is 20.7. The van der Waals surface area contributed by atoms with Crippen molar-refractivity contribution < 1.29 is 37.3 Å². The van der Waals surface area contributed by atoms with Gasteiger partial charge in [-0.1, -0.05) is 78.9 Å². The topological polar surface area (TPSA) is 84.9 Å². The third kappa shape index (κ3) is 7.81. The molecule has 0 aliphatic heterocycles. The van der Waals surface area contributed by atoms with E-state index in [1.54, 1.807) is 30.3 Å². The van der Waals surface area contributed by atoms with Gasteiger partial charge in [0, 0.05) is 12.0 Å². The molecule has 1 aliphatic carbocycles. The van der Waals surface area contributed by atoms with Crippen LogP contribution in [0.15, 0.2) is 103 Å². The first-order valence-corrected chi connectivity index (χ1v) is 12.1. The van der Waals surface area contributed by atoms with Crippen LogP contribution in [0.5, 0.6) is 5.75 Å². The molecule has 0 fully saturated rings. The summed E-state index contributed by atoms with van der Waals surface area (Å²) in [4.78, 5) is 24.8. The van der Waals surface area contributed by atoms with Gasteiger partial charge in [-0.05, 0) is 47.4 Å². The number of carboxylic acids is 1. The van der Waals surface area contributed by atoms with Gasteiger partial charge >= 0.3 is 12.3 Å². The smallest absolute Gasteiger partial charge is 0.489 e. The van der Waals surface area contributed by atoms with E-state index < -0.39 is 36.3 Å². The lowest BCUT2D eigenvalue weighted by Crippen LogP contribution is -2.49. The zero-order chi connectivity index (χ0) is 27.9. The van der Waals surface area contributed by atoms with Crippen LogP contribution in [0.1, 0.15) is 34.3 Å². The lowest BCUT2D eigenvalue weighted by Gasteiger charge is -2.35. The molecule has 0 radical (unpaired) electrons. The molecule has 6 nitrogen and oxygen atoms in total. The number of hydrogen-bond donors (Lipinski definition) is 2. The first-order valence-electron chi connectivity index (χ1n) is 12.1. The van der Waals surface area contributed by atoms with E-state index in [1.807, 2.05) is 48.5 Å². The average molecular weight is 538 g/mol. The molecule has 0 bridgehead atoms. The van der Waals surface area contributed by atoms with E-state index in [1.165, 1.54) is 24.3 Å². The number of benzene rings is 3. The number of rotatable bonds is 10. The standard InChI is InChI=1S/C30H26F3NO5/c31-30(32,33)39-29(17-15-23(16-18-29)22-9-5-2-6-10-22)19-26(28(36)37)34-27(35)24-11-13-25(14-12-24)38-20-21-7-3-1-4-8-21/h1-17,26H,18-20H2,(H,34,35)(H,36,37). The van der Waals surface area contributed by atoms with E-state index >= 15 is 0 Å². The summed E-state index contributed by atoms with van der Waals surface area (Å²) in [7, 11) is 0. The highest BCUT2D eigenvalue weighted by molar-refractivity contribution is 5.96. The second kappa shape index (κ2) is 12.0. The van der Waals surface area contributed by atoms with Gasteiger partial charge in [0.1, 0.15) is 24.0 Å². The van der Waals surface area contributed by atoms with Crippen LogP contribution in [0.25, 0.3) is 5.57 Å². The number of carboxylic acid groups (broad SMARTS) is 1. The Labute approximate surface area is 223 Å². The Morgan fingerprint density at radius 2 is 1.59 bits per heavy atom. The number of carbonyl (C=O) groups is 2. The molecule has 9 heteroatoms. The summed E-state index contributed by atoms with van der Waals surface area (Å²) >= 11 is 0. The molecule has 0 saturated carbocycles. The third-order valence-electron chi connectivity index (χ3n) is 6.18. The lowest BCUT2D eigenvalue weighted by atomic mass is 9.84. The van der Waals surface area contributed by atoms with Crippen molar-refractivity contribution in [3.63, 3.8) is 0 Å². The fraction of sp³-hybridized carbons (Fsp3) is 0.200. The molecule has 202 valence electrons. The Morgan fingerprint density at radius 1 is 0.949 bits per heavy atom. The van der Waals surface area contributed by atoms with E-state index in [-0.39, 0.29) is 12.0 Å². The molecule has 39 heavy (non-hydrogen) atoms. The first-order chi connectivity index (χ1) is 18.6. The normalized spacial score (nSPS) is 17.7. The molecule has 2 N–H and O–H groups in total. The third-order valence-corrected chi connectivity index (χ3v) is 6.18. The SMILES string of the molecule is O=C(NC(CC1(OC(F)(F)F)C=CC(c2ccccc2)=CC1)C(=O)O)c1ccc(OCc2ccccc2)cc1. The van der Waals surface area contributed by atoms with Crippen LogP contribution in [0, 0.1) is 0 Å². The minimum absolute atomic E-state index is 0.129. The molecule has 0 heterocycles. The predicted octanol–water partition coefficient (Wildman–Crippen LogP) is 6.16. The van der Waals surface area contributed by atoms with Crippen LogP contribution in [-0.2, 0) is 16.1 Å². The van der Waals surface area contributed by atoms with E-state index in [2.05, 4.69) is 10.1 Å². The molecule has 0 saturated heterocycles. The second-order valence-electron chi connectivity index (χ2n) is 9.04. The summed E-state index contributed by atoms with van der Waals surface area (Å²) in [6.07, 6.45) is -1.65. The van der Waals surface area contributed by atoms with Crippen LogP contribution in [-0.4, -0.2) is 35.0 Å². The maximum atomic E-state index is 13.4. The summed E-state index contributed by atoms with van der Waals surface area (Å²) < 4.78 is 50.2. The van der Waals surface area contributed by atoms with Crippen LogP contribution in [0.3, 0.4) is 0 Å². The van der Waals surface area contributed by atoms with Crippen molar-refractivity contribution >= 4 is 17.4 Å². The molecule has 1 amide bonds. The van der Waals surface area contributed by atoms with Gasteiger partial charge in [-0.15, -0.1) is 13.2 Å². The summed E-state index contributed by atoms with van der Waals surface area (Å²) in [5, 5.41) is 12.1. The Balaban J connectivity index is 1.44. The van der Waals surface area contributed by atoms with Gasteiger partial charge in [0.15, 0.2) is 0 Å². The Bertz CT molecular complexity index is 1340. The molecule has 2 atom stereocenters. The summed E-state index contributed by atoms with van der Waals surface area (Å²) in [6.45, 7) is 0.322. The minimum atomic E-state index is -5.02. The van der Waals surface area contributed by atoms with E-state index in [4.69, 9.17) is 4.74 Å². The van der Waals surface area contributed by atoms with Crippen molar-refractivity contribution in [2.75, 3.05) is 0 Å². The quantitative estimate of drug-likeness (QED) is 0.324. The number of ether oxygens (including phenoxy) is 2. The number of aliphatic carboxylic acids is 1. The van der Waals surface area contributed by atoms with Gasteiger partial charge < -0.3 is 15.2 Å². The zero-order valence-electron chi connectivity index (χ0n) is 20.7. The van der Waals surface area contributed by atoms with Crippen molar-refractivity contribution in [3.8, 4) is 5.75 Å². The number of halogens is 3. The monoisotopic (exact) mass is 537 g/mol. The second-order valence-corrected chi connectivity index (χ2v) is 9.04. The molecule has 4 rings (SSSR count). The highest BCUT2D eigenvalue weighted by Gasteiger charge is 2.45. The predicted molar refractivity (Wildman–Crippen MR) is 139 cm³/mol. The molecule has 0 spiro atoms. The van der Waals surface area contributed by atoms with Gasteiger partial charge in [0.05, 0.1) is 0 Å². The molecule has 2 unspecified atom stereocenters. The number of hydrogen-bond acceptors (Lipinski definition) is 4. The molecular weight excluding hydrogens is 511 g/mol. The molecular formula is C30H26F3NO5. The maximum Gasteiger partial charge on any atom is 0.523 e. The summed E-state index contributed by atoms with van der Waals surface area (Å²) in [5.74, 6) is -1.74. The van der Waals surface area contributed by atoms with E-state index in [0.717, 1.165) is 11.1 Å². The number of amides is 1. The van der Waals surface area contributed by atoms with Crippen LogP contribution in [0.2, 0.25) is 0 Å². The highest BCUT2D eigenvalue weighted by Crippen LogP contribution is 2.38. The Morgan fingerprint density at radius 3 is 2.15 bits per heavy atom. The molecule has 3 aromatic carbocycles. The molecule has 0 aromatic heterocycles. The largest absolute Gasteiger partial charge is 0.523 e. The average Bonchev–Trinajstić information content (AvgIpc) is 2.92. The van der Waals surface area contributed by atoms with E-state index in [9.17, 15) is 27.9 Å². The number of alkyl halides is 3.